The molecule has 1 aromatic carbocycles. The Balaban J connectivity index is 2.64. The van der Waals surface area contributed by atoms with Crippen molar-refractivity contribution in [3.63, 3.8) is 0 Å². The summed E-state index contributed by atoms with van der Waals surface area (Å²) in [7, 11) is 0. The van der Waals surface area contributed by atoms with Gasteiger partial charge in [0.05, 0.1) is 20.5 Å². The van der Waals surface area contributed by atoms with Crippen molar-refractivity contribution in [2.45, 2.75) is 13.8 Å². The number of nitrogens with zero attached hydrogens (tertiary/aromatic N) is 1. The Bertz CT molecular complexity index is 709. The van der Waals surface area contributed by atoms with Crippen LogP contribution in [0, 0.1) is 6.92 Å². The van der Waals surface area contributed by atoms with E-state index < -0.39 is 0 Å². The molecule has 0 saturated heterocycles. The summed E-state index contributed by atoms with van der Waals surface area (Å²) >= 11 is 12.9. The molecular formula is C15H14ClNOS2. The third-order valence-electron chi connectivity index (χ3n) is 2.90. The Hall–Kier alpha value is -1.10. The third-order valence-corrected chi connectivity index (χ3v) is 4.52. The Labute approximate surface area is 132 Å². The second-order valence-electron chi connectivity index (χ2n) is 4.22. The molecule has 0 aliphatic heterocycles. The van der Waals surface area contributed by atoms with Gasteiger partial charge in [0.2, 0.25) is 0 Å². The highest BCUT2D eigenvalue weighted by Crippen LogP contribution is 2.20. The van der Waals surface area contributed by atoms with E-state index in [-0.39, 0.29) is 5.56 Å². The molecule has 0 aliphatic carbocycles. The number of halogens is 1. The SMILES string of the molecule is CCSC(=S)c1c(Cl)ccn(-c2ccccc2C)c1=O. The first kappa shape index (κ1) is 15.3. The van der Waals surface area contributed by atoms with Gasteiger partial charge in [0, 0.05) is 6.20 Å². The normalized spacial score (nSPS) is 10.6. The van der Waals surface area contributed by atoms with Crippen molar-refractivity contribution in [1.29, 1.82) is 0 Å². The number of para-hydroxylation sites is 1. The van der Waals surface area contributed by atoms with Crippen LogP contribution in [0.5, 0.6) is 0 Å². The second-order valence-corrected chi connectivity index (χ2v) is 6.57. The lowest BCUT2D eigenvalue weighted by Gasteiger charge is -2.12. The van der Waals surface area contributed by atoms with Crippen LogP contribution in [0.1, 0.15) is 18.1 Å². The zero-order valence-corrected chi connectivity index (χ0v) is 13.6. The van der Waals surface area contributed by atoms with Crippen LogP contribution in [-0.4, -0.2) is 14.5 Å². The van der Waals surface area contributed by atoms with E-state index in [1.165, 1.54) is 11.8 Å². The van der Waals surface area contributed by atoms with Crippen LogP contribution in [0.3, 0.4) is 0 Å². The van der Waals surface area contributed by atoms with E-state index >= 15 is 0 Å². The highest BCUT2D eigenvalue weighted by atomic mass is 35.5. The number of pyridine rings is 1. The summed E-state index contributed by atoms with van der Waals surface area (Å²) in [5.41, 5.74) is 2.12. The Morgan fingerprint density at radius 1 is 1.35 bits per heavy atom. The maximum Gasteiger partial charge on any atom is 0.265 e. The maximum absolute atomic E-state index is 12.6. The van der Waals surface area contributed by atoms with E-state index in [4.69, 9.17) is 23.8 Å². The molecule has 104 valence electrons. The molecule has 2 aromatic rings. The molecule has 20 heavy (non-hydrogen) atoms. The molecule has 0 N–H and O–H groups in total. The lowest BCUT2D eigenvalue weighted by molar-refractivity contribution is 0.975. The van der Waals surface area contributed by atoms with E-state index in [2.05, 4.69) is 0 Å². The summed E-state index contributed by atoms with van der Waals surface area (Å²) in [6.45, 7) is 3.96. The fourth-order valence-corrected chi connectivity index (χ4v) is 3.42. The summed E-state index contributed by atoms with van der Waals surface area (Å²) < 4.78 is 2.14. The molecule has 0 spiro atoms. The van der Waals surface area contributed by atoms with Crippen molar-refractivity contribution in [2.75, 3.05) is 5.75 Å². The van der Waals surface area contributed by atoms with Gasteiger partial charge in [0.25, 0.3) is 5.56 Å². The van der Waals surface area contributed by atoms with Crippen molar-refractivity contribution < 1.29 is 0 Å². The number of aryl methyl sites for hydroxylation is 1. The summed E-state index contributed by atoms with van der Waals surface area (Å²) in [5.74, 6) is 0.813. The van der Waals surface area contributed by atoms with Gasteiger partial charge in [-0.2, -0.15) is 0 Å². The topological polar surface area (TPSA) is 22.0 Å². The van der Waals surface area contributed by atoms with E-state index in [0.29, 0.717) is 14.8 Å². The first-order valence-corrected chi connectivity index (χ1v) is 7.97. The Morgan fingerprint density at radius 3 is 2.70 bits per heavy atom. The van der Waals surface area contributed by atoms with E-state index in [1.54, 1.807) is 16.8 Å². The van der Waals surface area contributed by atoms with Crippen LogP contribution >= 0.6 is 35.6 Å². The van der Waals surface area contributed by atoms with Gasteiger partial charge >= 0.3 is 0 Å². The molecule has 0 unspecified atom stereocenters. The third kappa shape index (κ3) is 2.97. The fourth-order valence-electron chi connectivity index (χ4n) is 1.93. The van der Waals surface area contributed by atoms with Crippen LogP contribution in [0.2, 0.25) is 5.02 Å². The number of thiocarbonyl (C=S) groups is 1. The molecule has 1 aromatic heterocycles. The largest absolute Gasteiger partial charge is 0.283 e. The number of hydrogen-bond acceptors (Lipinski definition) is 3. The number of rotatable bonds is 3. The highest BCUT2D eigenvalue weighted by molar-refractivity contribution is 8.23. The molecule has 0 aliphatic rings. The Morgan fingerprint density at radius 2 is 2.05 bits per heavy atom. The fraction of sp³-hybridized carbons (Fsp3) is 0.200. The number of hydrogen-bond donors (Lipinski definition) is 0. The molecule has 2 nitrogen and oxygen atoms in total. The van der Waals surface area contributed by atoms with Crippen LogP contribution in [0.25, 0.3) is 5.69 Å². The molecule has 0 amide bonds. The highest BCUT2D eigenvalue weighted by Gasteiger charge is 2.15. The van der Waals surface area contributed by atoms with Crippen LogP contribution < -0.4 is 5.56 Å². The number of thioether (sulfide) groups is 1. The van der Waals surface area contributed by atoms with Gasteiger partial charge in [0.1, 0.15) is 0 Å². The summed E-state index contributed by atoms with van der Waals surface area (Å²) in [4.78, 5) is 12.6. The molecule has 0 atom stereocenters. The minimum Gasteiger partial charge on any atom is -0.283 e. The molecular weight excluding hydrogens is 310 g/mol. The van der Waals surface area contributed by atoms with Gasteiger partial charge in [-0.1, -0.05) is 48.9 Å². The summed E-state index contributed by atoms with van der Waals surface area (Å²) in [5, 5.41) is 0.408. The predicted molar refractivity (Wildman–Crippen MR) is 91.6 cm³/mol. The molecule has 5 heteroatoms. The zero-order valence-electron chi connectivity index (χ0n) is 11.2. The van der Waals surface area contributed by atoms with Crippen molar-refractivity contribution in [3.8, 4) is 5.69 Å². The number of benzene rings is 1. The average molecular weight is 324 g/mol. The quantitative estimate of drug-likeness (QED) is 0.789. The minimum absolute atomic E-state index is 0.169. The van der Waals surface area contributed by atoms with Crippen LogP contribution in [0.15, 0.2) is 41.3 Å². The maximum atomic E-state index is 12.6. The smallest absolute Gasteiger partial charge is 0.265 e. The van der Waals surface area contributed by atoms with Gasteiger partial charge < -0.3 is 0 Å². The van der Waals surface area contributed by atoms with Gasteiger partial charge in [0.15, 0.2) is 0 Å². The number of aromatic nitrogens is 1. The van der Waals surface area contributed by atoms with E-state index in [9.17, 15) is 4.79 Å². The lowest BCUT2D eigenvalue weighted by atomic mass is 10.2. The second kappa shape index (κ2) is 6.57. The summed E-state index contributed by atoms with van der Waals surface area (Å²) in [6, 6.07) is 9.44. The molecule has 1 heterocycles. The first-order valence-electron chi connectivity index (χ1n) is 6.20. The monoisotopic (exact) mass is 323 g/mol. The van der Waals surface area contributed by atoms with Gasteiger partial charge in [-0.3, -0.25) is 9.36 Å². The van der Waals surface area contributed by atoms with Crippen molar-refractivity contribution in [1.82, 2.24) is 4.57 Å². The van der Waals surface area contributed by atoms with Gasteiger partial charge in [-0.05, 0) is 30.4 Å². The van der Waals surface area contributed by atoms with Crippen molar-refractivity contribution in [2.24, 2.45) is 0 Å². The molecule has 2 rings (SSSR count). The predicted octanol–water partition coefficient (Wildman–Crippen LogP) is 4.23. The van der Waals surface area contributed by atoms with Crippen LogP contribution in [-0.2, 0) is 0 Å². The van der Waals surface area contributed by atoms with Gasteiger partial charge in [-0.15, -0.1) is 11.8 Å². The Kier molecular flexibility index (Phi) is 5.02. The lowest BCUT2D eigenvalue weighted by Crippen LogP contribution is -2.24. The molecule has 0 saturated carbocycles. The van der Waals surface area contributed by atoms with E-state index in [0.717, 1.165) is 17.0 Å². The van der Waals surface area contributed by atoms with E-state index in [1.807, 2.05) is 38.1 Å². The van der Waals surface area contributed by atoms with Crippen LogP contribution in [0.4, 0.5) is 0 Å². The summed E-state index contributed by atoms with van der Waals surface area (Å²) in [6.07, 6.45) is 1.69. The van der Waals surface area contributed by atoms with Gasteiger partial charge in [-0.25, -0.2) is 0 Å². The minimum atomic E-state index is -0.169. The average Bonchev–Trinajstić information content (AvgIpc) is 2.40. The molecule has 0 fully saturated rings. The first-order chi connectivity index (χ1) is 9.56. The molecule has 0 bridgehead atoms. The standard InChI is InChI=1S/C15H14ClNOS2/c1-3-20-15(19)13-11(16)8-9-17(14(13)18)12-7-5-4-6-10(12)2/h4-9H,3H2,1-2H3. The molecule has 0 radical (unpaired) electrons. The zero-order chi connectivity index (χ0) is 14.7. The van der Waals surface area contributed by atoms with Crippen molar-refractivity contribution in [3.05, 3.63) is 63.0 Å². The van der Waals surface area contributed by atoms with Crippen molar-refractivity contribution >= 4 is 39.8 Å².